The van der Waals surface area contributed by atoms with Crippen molar-refractivity contribution in [3.05, 3.63) is 17.0 Å². The summed E-state index contributed by atoms with van der Waals surface area (Å²) in [5, 5.41) is 2.88. The molecular formula is C16H26N2O3S2. The Balaban J connectivity index is 1.93. The number of piperidine rings is 1. The molecule has 130 valence electrons. The molecule has 0 unspecified atom stereocenters. The van der Waals surface area contributed by atoms with Crippen LogP contribution < -0.4 is 5.32 Å². The van der Waals surface area contributed by atoms with Gasteiger partial charge in [-0.25, -0.2) is 8.42 Å². The molecule has 2 rings (SSSR count). The molecule has 0 radical (unpaired) electrons. The molecule has 1 aliphatic heterocycles. The Morgan fingerprint density at radius 3 is 2.61 bits per heavy atom. The SMILES string of the molecule is CC(C)CCNC(=O)Cc1ccc(S(=O)(=O)N2CCCCC2)s1. The molecule has 23 heavy (non-hydrogen) atoms. The molecule has 1 aromatic rings. The Hall–Kier alpha value is -0.920. The maximum atomic E-state index is 12.6. The average molecular weight is 359 g/mol. The quantitative estimate of drug-likeness (QED) is 0.815. The fraction of sp³-hybridized carbons (Fsp3) is 0.688. The van der Waals surface area contributed by atoms with E-state index in [1.54, 1.807) is 16.4 Å². The van der Waals surface area contributed by atoms with Gasteiger partial charge in [0.15, 0.2) is 0 Å². The van der Waals surface area contributed by atoms with Crippen molar-refractivity contribution in [1.82, 2.24) is 9.62 Å². The molecule has 1 aromatic heterocycles. The van der Waals surface area contributed by atoms with Gasteiger partial charge in [-0.15, -0.1) is 11.3 Å². The predicted molar refractivity (Wildman–Crippen MR) is 93.1 cm³/mol. The summed E-state index contributed by atoms with van der Waals surface area (Å²) in [6.45, 7) is 6.10. The second kappa shape index (κ2) is 8.26. The molecule has 1 amide bonds. The first-order valence-corrected chi connectivity index (χ1v) is 10.5. The highest BCUT2D eigenvalue weighted by Gasteiger charge is 2.27. The van der Waals surface area contributed by atoms with Crippen LogP contribution in [0.15, 0.2) is 16.3 Å². The fourth-order valence-electron chi connectivity index (χ4n) is 2.55. The number of sulfonamides is 1. The van der Waals surface area contributed by atoms with Crippen molar-refractivity contribution >= 4 is 27.3 Å². The Morgan fingerprint density at radius 2 is 1.96 bits per heavy atom. The number of thiophene rings is 1. The minimum absolute atomic E-state index is 0.0468. The average Bonchev–Trinajstić information content (AvgIpc) is 2.97. The largest absolute Gasteiger partial charge is 0.356 e. The van der Waals surface area contributed by atoms with Gasteiger partial charge in [-0.1, -0.05) is 20.3 Å². The van der Waals surface area contributed by atoms with Crippen molar-refractivity contribution in [2.24, 2.45) is 5.92 Å². The van der Waals surface area contributed by atoms with Gasteiger partial charge in [0, 0.05) is 24.5 Å². The van der Waals surface area contributed by atoms with Gasteiger partial charge in [0.1, 0.15) is 4.21 Å². The Labute approximate surface area is 143 Å². The molecule has 1 aliphatic rings. The van der Waals surface area contributed by atoms with E-state index in [2.05, 4.69) is 19.2 Å². The third-order valence-electron chi connectivity index (χ3n) is 3.92. The third-order valence-corrected chi connectivity index (χ3v) is 7.38. The van der Waals surface area contributed by atoms with Crippen LogP contribution in [0.2, 0.25) is 0 Å². The lowest BCUT2D eigenvalue weighted by molar-refractivity contribution is -0.120. The van der Waals surface area contributed by atoms with Crippen LogP contribution in [0.3, 0.4) is 0 Å². The molecular weight excluding hydrogens is 332 g/mol. The zero-order valence-electron chi connectivity index (χ0n) is 13.9. The van der Waals surface area contributed by atoms with Crippen LogP contribution in [-0.4, -0.2) is 38.3 Å². The molecule has 0 saturated carbocycles. The van der Waals surface area contributed by atoms with E-state index >= 15 is 0 Å². The zero-order chi connectivity index (χ0) is 16.9. The van der Waals surface area contributed by atoms with E-state index in [1.165, 1.54) is 11.3 Å². The molecule has 0 aliphatic carbocycles. The molecule has 1 fully saturated rings. The summed E-state index contributed by atoms with van der Waals surface area (Å²) in [5.74, 6) is 0.507. The van der Waals surface area contributed by atoms with Crippen LogP contribution in [0, 0.1) is 5.92 Å². The first kappa shape index (κ1) is 18.4. The van der Waals surface area contributed by atoms with Crippen molar-refractivity contribution in [3.63, 3.8) is 0 Å². The summed E-state index contributed by atoms with van der Waals surface area (Å²) < 4.78 is 27.1. The number of rotatable bonds is 7. The standard InChI is InChI=1S/C16H26N2O3S2/c1-13(2)8-9-17-15(19)12-14-6-7-16(22-14)23(20,21)18-10-4-3-5-11-18/h6-7,13H,3-5,8-12H2,1-2H3,(H,17,19). The Kier molecular flexibility index (Phi) is 6.61. The summed E-state index contributed by atoms with van der Waals surface area (Å²) in [6, 6.07) is 3.38. The second-order valence-electron chi connectivity index (χ2n) is 6.39. The molecule has 0 atom stereocenters. The lowest BCUT2D eigenvalue weighted by atomic mass is 10.1. The summed E-state index contributed by atoms with van der Waals surface area (Å²) in [6.07, 6.45) is 4.15. The number of carbonyl (C=O) groups excluding carboxylic acids is 1. The van der Waals surface area contributed by atoms with Crippen molar-refractivity contribution in [2.45, 2.75) is 50.2 Å². The topological polar surface area (TPSA) is 66.5 Å². The van der Waals surface area contributed by atoms with E-state index in [1.807, 2.05) is 0 Å². The van der Waals surface area contributed by atoms with Crippen LogP contribution in [0.1, 0.15) is 44.4 Å². The zero-order valence-corrected chi connectivity index (χ0v) is 15.5. The van der Waals surface area contributed by atoms with Gasteiger partial charge in [-0.05, 0) is 37.3 Å². The number of nitrogens with zero attached hydrogens (tertiary/aromatic N) is 1. The van der Waals surface area contributed by atoms with Crippen LogP contribution in [0.25, 0.3) is 0 Å². The van der Waals surface area contributed by atoms with Crippen LogP contribution in [-0.2, 0) is 21.2 Å². The lowest BCUT2D eigenvalue weighted by Crippen LogP contribution is -2.35. The molecule has 0 aromatic carbocycles. The summed E-state index contributed by atoms with van der Waals surface area (Å²) in [4.78, 5) is 12.7. The monoisotopic (exact) mass is 358 g/mol. The van der Waals surface area contributed by atoms with E-state index in [4.69, 9.17) is 0 Å². The van der Waals surface area contributed by atoms with E-state index in [0.717, 1.165) is 30.6 Å². The fourth-order valence-corrected chi connectivity index (χ4v) is 5.57. The minimum Gasteiger partial charge on any atom is -0.356 e. The minimum atomic E-state index is -3.39. The highest BCUT2D eigenvalue weighted by atomic mass is 32.2. The third kappa shape index (κ3) is 5.29. The maximum Gasteiger partial charge on any atom is 0.252 e. The van der Waals surface area contributed by atoms with Gasteiger partial charge in [0.2, 0.25) is 5.91 Å². The molecule has 1 saturated heterocycles. The number of amides is 1. The summed E-state index contributed by atoms with van der Waals surface area (Å²) in [5.41, 5.74) is 0. The van der Waals surface area contributed by atoms with E-state index in [-0.39, 0.29) is 12.3 Å². The van der Waals surface area contributed by atoms with E-state index in [0.29, 0.717) is 29.8 Å². The highest BCUT2D eigenvalue weighted by Crippen LogP contribution is 2.27. The smallest absolute Gasteiger partial charge is 0.252 e. The maximum absolute atomic E-state index is 12.6. The van der Waals surface area contributed by atoms with Crippen molar-refractivity contribution in [3.8, 4) is 0 Å². The molecule has 5 nitrogen and oxygen atoms in total. The molecule has 2 heterocycles. The number of carbonyl (C=O) groups is 1. The first-order valence-electron chi connectivity index (χ1n) is 8.25. The number of hydrogen-bond donors (Lipinski definition) is 1. The van der Waals surface area contributed by atoms with Crippen LogP contribution in [0.4, 0.5) is 0 Å². The van der Waals surface area contributed by atoms with Gasteiger partial charge < -0.3 is 5.32 Å². The summed E-state index contributed by atoms with van der Waals surface area (Å²) in [7, 11) is -3.39. The second-order valence-corrected chi connectivity index (χ2v) is 9.73. The number of hydrogen-bond acceptors (Lipinski definition) is 4. The number of nitrogens with one attached hydrogen (secondary N) is 1. The molecule has 0 bridgehead atoms. The molecule has 7 heteroatoms. The van der Waals surface area contributed by atoms with E-state index < -0.39 is 10.0 Å². The molecule has 0 spiro atoms. The van der Waals surface area contributed by atoms with Gasteiger partial charge in [-0.3, -0.25) is 4.79 Å². The van der Waals surface area contributed by atoms with Gasteiger partial charge in [-0.2, -0.15) is 4.31 Å². The Morgan fingerprint density at radius 1 is 1.26 bits per heavy atom. The first-order chi connectivity index (χ1) is 10.9. The van der Waals surface area contributed by atoms with Crippen LogP contribution in [0.5, 0.6) is 0 Å². The van der Waals surface area contributed by atoms with Crippen LogP contribution >= 0.6 is 11.3 Å². The Bertz CT molecular complexity index is 617. The van der Waals surface area contributed by atoms with Crippen molar-refractivity contribution < 1.29 is 13.2 Å². The summed E-state index contributed by atoms with van der Waals surface area (Å²) >= 11 is 1.21. The van der Waals surface area contributed by atoms with E-state index in [9.17, 15) is 13.2 Å². The van der Waals surface area contributed by atoms with Gasteiger partial charge in [0.25, 0.3) is 10.0 Å². The van der Waals surface area contributed by atoms with Crippen molar-refractivity contribution in [1.29, 1.82) is 0 Å². The predicted octanol–water partition coefficient (Wildman–Crippen LogP) is 2.63. The normalized spacial score (nSPS) is 16.7. The lowest BCUT2D eigenvalue weighted by Gasteiger charge is -2.25. The van der Waals surface area contributed by atoms with Gasteiger partial charge >= 0.3 is 0 Å². The van der Waals surface area contributed by atoms with Crippen molar-refractivity contribution in [2.75, 3.05) is 19.6 Å². The highest BCUT2D eigenvalue weighted by molar-refractivity contribution is 7.91. The molecule has 1 N–H and O–H groups in total. The van der Waals surface area contributed by atoms with Gasteiger partial charge in [0.05, 0.1) is 6.42 Å².